The van der Waals surface area contributed by atoms with Gasteiger partial charge < -0.3 is 15.8 Å². The zero-order valence-electron chi connectivity index (χ0n) is 11.2. The van der Waals surface area contributed by atoms with Crippen molar-refractivity contribution in [1.29, 1.82) is 0 Å². The fourth-order valence-electron chi connectivity index (χ4n) is 3.01. The van der Waals surface area contributed by atoms with E-state index in [1.807, 2.05) is 0 Å². The van der Waals surface area contributed by atoms with Crippen LogP contribution in [0.4, 0.5) is 0 Å². The van der Waals surface area contributed by atoms with Gasteiger partial charge in [0.2, 0.25) is 5.91 Å². The van der Waals surface area contributed by atoms with E-state index in [0.29, 0.717) is 24.5 Å². The van der Waals surface area contributed by atoms with Crippen LogP contribution in [0.2, 0.25) is 0 Å². The Labute approximate surface area is 110 Å². The largest absolute Gasteiger partial charge is 0.378 e. The molecule has 1 aliphatic carbocycles. The Morgan fingerprint density at radius 1 is 1.22 bits per heavy atom. The molecule has 2 fully saturated rings. The predicted octanol–water partition coefficient (Wildman–Crippen LogP) is 1.58. The lowest BCUT2D eigenvalue weighted by molar-refractivity contribution is -0.122. The van der Waals surface area contributed by atoms with Crippen molar-refractivity contribution in [3.05, 3.63) is 0 Å². The van der Waals surface area contributed by atoms with Crippen LogP contribution in [0.25, 0.3) is 0 Å². The SMILES string of the molecule is NCC1CCC(NC(=O)CCC2CCCO2)CC1. The topological polar surface area (TPSA) is 64.3 Å². The number of ether oxygens (including phenoxy) is 1. The third kappa shape index (κ3) is 4.25. The van der Waals surface area contributed by atoms with Gasteiger partial charge in [0.05, 0.1) is 6.10 Å². The van der Waals surface area contributed by atoms with E-state index in [4.69, 9.17) is 10.5 Å². The average molecular weight is 254 g/mol. The number of hydrogen-bond acceptors (Lipinski definition) is 3. The van der Waals surface area contributed by atoms with Crippen LogP contribution < -0.4 is 11.1 Å². The van der Waals surface area contributed by atoms with Crippen molar-refractivity contribution < 1.29 is 9.53 Å². The van der Waals surface area contributed by atoms with E-state index in [-0.39, 0.29) is 5.91 Å². The van der Waals surface area contributed by atoms with Crippen LogP contribution in [0.15, 0.2) is 0 Å². The van der Waals surface area contributed by atoms with Gasteiger partial charge in [0.1, 0.15) is 0 Å². The van der Waals surface area contributed by atoms with Gasteiger partial charge in [-0.05, 0) is 57.4 Å². The van der Waals surface area contributed by atoms with Crippen molar-refractivity contribution in [3.8, 4) is 0 Å². The number of nitrogens with two attached hydrogens (primary N) is 1. The molecule has 1 aliphatic heterocycles. The molecule has 0 aromatic heterocycles. The molecule has 1 heterocycles. The molecule has 4 heteroatoms. The van der Waals surface area contributed by atoms with E-state index < -0.39 is 0 Å². The maximum atomic E-state index is 11.8. The van der Waals surface area contributed by atoms with Gasteiger partial charge in [-0.25, -0.2) is 0 Å². The zero-order valence-corrected chi connectivity index (χ0v) is 11.2. The van der Waals surface area contributed by atoms with Crippen molar-refractivity contribution in [3.63, 3.8) is 0 Å². The van der Waals surface area contributed by atoms with E-state index >= 15 is 0 Å². The first-order valence-corrected chi connectivity index (χ1v) is 7.39. The average Bonchev–Trinajstić information content (AvgIpc) is 2.90. The molecule has 1 saturated carbocycles. The van der Waals surface area contributed by atoms with Crippen molar-refractivity contribution >= 4 is 5.91 Å². The first kappa shape index (κ1) is 13.8. The highest BCUT2D eigenvalue weighted by Gasteiger charge is 2.22. The summed E-state index contributed by atoms with van der Waals surface area (Å²) in [6.45, 7) is 1.66. The zero-order chi connectivity index (χ0) is 12.8. The number of carbonyl (C=O) groups is 1. The quantitative estimate of drug-likeness (QED) is 0.783. The minimum Gasteiger partial charge on any atom is -0.378 e. The van der Waals surface area contributed by atoms with Crippen LogP contribution in [0.1, 0.15) is 51.4 Å². The normalized spacial score (nSPS) is 32.4. The molecule has 2 aliphatic rings. The van der Waals surface area contributed by atoms with Gasteiger partial charge in [-0.2, -0.15) is 0 Å². The summed E-state index contributed by atoms with van der Waals surface area (Å²) in [7, 11) is 0. The molecule has 1 saturated heterocycles. The van der Waals surface area contributed by atoms with Crippen molar-refractivity contribution in [1.82, 2.24) is 5.32 Å². The molecule has 0 aromatic carbocycles. The number of rotatable bonds is 5. The third-order valence-electron chi connectivity index (χ3n) is 4.26. The molecule has 1 amide bonds. The maximum Gasteiger partial charge on any atom is 0.220 e. The van der Waals surface area contributed by atoms with Crippen LogP contribution in [0.5, 0.6) is 0 Å². The van der Waals surface area contributed by atoms with E-state index in [1.165, 1.54) is 0 Å². The highest BCUT2D eigenvalue weighted by Crippen LogP contribution is 2.23. The second kappa shape index (κ2) is 7.10. The van der Waals surface area contributed by atoms with E-state index in [9.17, 15) is 4.79 Å². The predicted molar refractivity (Wildman–Crippen MR) is 71.2 cm³/mol. The molecule has 1 unspecified atom stereocenters. The Morgan fingerprint density at radius 2 is 2.00 bits per heavy atom. The fourth-order valence-corrected chi connectivity index (χ4v) is 3.01. The number of hydrogen-bond donors (Lipinski definition) is 2. The first-order chi connectivity index (χ1) is 8.78. The summed E-state index contributed by atoms with van der Waals surface area (Å²) >= 11 is 0. The van der Waals surface area contributed by atoms with Crippen LogP contribution >= 0.6 is 0 Å². The van der Waals surface area contributed by atoms with Crippen molar-refractivity contribution in [2.24, 2.45) is 11.7 Å². The Kier molecular flexibility index (Phi) is 5.45. The molecule has 1 atom stereocenters. The molecule has 18 heavy (non-hydrogen) atoms. The standard InChI is InChI=1S/C14H26N2O2/c15-10-11-3-5-12(6-4-11)16-14(17)8-7-13-2-1-9-18-13/h11-13H,1-10,15H2,(H,16,17). The van der Waals surface area contributed by atoms with E-state index in [0.717, 1.165) is 58.1 Å². The summed E-state index contributed by atoms with van der Waals surface area (Å²) in [5.74, 6) is 0.867. The molecular formula is C14H26N2O2. The van der Waals surface area contributed by atoms with Crippen molar-refractivity contribution in [2.45, 2.75) is 63.5 Å². The molecule has 0 bridgehead atoms. The van der Waals surface area contributed by atoms with E-state index in [2.05, 4.69) is 5.32 Å². The smallest absolute Gasteiger partial charge is 0.220 e. The summed E-state index contributed by atoms with van der Waals surface area (Å²) in [6.07, 6.45) is 8.58. The molecule has 104 valence electrons. The summed E-state index contributed by atoms with van der Waals surface area (Å²) in [5, 5.41) is 3.15. The Bertz CT molecular complexity index is 257. The summed E-state index contributed by atoms with van der Waals surface area (Å²) < 4.78 is 5.53. The molecule has 4 nitrogen and oxygen atoms in total. The van der Waals surface area contributed by atoms with Crippen LogP contribution in [0.3, 0.4) is 0 Å². The number of carbonyl (C=O) groups excluding carboxylic acids is 1. The van der Waals surface area contributed by atoms with Gasteiger partial charge >= 0.3 is 0 Å². The van der Waals surface area contributed by atoms with Gasteiger partial charge in [-0.1, -0.05) is 0 Å². The lowest BCUT2D eigenvalue weighted by Gasteiger charge is -2.28. The summed E-state index contributed by atoms with van der Waals surface area (Å²) in [6, 6.07) is 0.379. The molecule has 0 aromatic rings. The highest BCUT2D eigenvalue weighted by atomic mass is 16.5. The second-order valence-corrected chi connectivity index (χ2v) is 5.69. The minimum atomic E-state index is 0.196. The van der Waals surface area contributed by atoms with Gasteiger partial charge in [-0.3, -0.25) is 4.79 Å². The van der Waals surface area contributed by atoms with Gasteiger partial charge in [0.25, 0.3) is 0 Å². The number of amides is 1. The maximum absolute atomic E-state index is 11.8. The van der Waals surface area contributed by atoms with Gasteiger partial charge in [-0.15, -0.1) is 0 Å². The third-order valence-corrected chi connectivity index (χ3v) is 4.26. The van der Waals surface area contributed by atoms with Crippen LogP contribution in [-0.4, -0.2) is 31.2 Å². The van der Waals surface area contributed by atoms with Crippen LogP contribution in [-0.2, 0) is 9.53 Å². The second-order valence-electron chi connectivity index (χ2n) is 5.69. The molecule has 0 spiro atoms. The van der Waals surface area contributed by atoms with Crippen molar-refractivity contribution in [2.75, 3.05) is 13.2 Å². The lowest BCUT2D eigenvalue weighted by Crippen LogP contribution is -2.38. The molecule has 3 N–H and O–H groups in total. The Balaban J connectivity index is 1.59. The van der Waals surface area contributed by atoms with Gasteiger partial charge in [0, 0.05) is 19.1 Å². The fraction of sp³-hybridized carbons (Fsp3) is 0.929. The Hall–Kier alpha value is -0.610. The van der Waals surface area contributed by atoms with Crippen LogP contribution in [0, 0.1) is 5.92 Å². The highest BCUT2D eigenvalue weighted by molar-refractivity contribution is 5.76. The Morgan fingerprint density at radius 3 is 2.61 bits per heavy atom. The lowest BCUT2D eigenvalue weighted by atomic mass is 9.86. The number of nitrogens with one attached hydrogen (secondary N) is 1. The minimum absolute atomic E-state index is 0.196. The summed E-state index contributed by atoms with van der Waals surface area (Å²) in [4.78, 5) is 11.8. The van der Waals surface area contributed by atoms with Gasteiger partial charge in [0.15, 0.2) is 0 Å². The monoisotopic (exact) mass is 254 g/mol. The first-order valence-electron chi connectivity index (χ1n) is 7.39. The summed E-state index contributed by atoms with van der Waals surface area (Å²) in [5.41, 5.74) is 5.67. The molecule has 0 radical (unpaired) electrons. The van der Waals surface area contributed by atoms with E-state index in [1.54, 1.807) is 0 Å². The molecular weight excluding hydrogens is 228 g/mol. The molecule has 2 rings (SSSR count).